The number of rotatable bonds is 20. The smallest absolute Gasteiger partial charge is 0.338 e. The molecule has 26 heteroatoms. The van der Waals surface area contributed by atoms with Gasteiger partial charge in [-0.15, -0.1) is 0 Å². The fourth-order valence-electron chi connectivity index (χ4n) is 8.54. The predicted octanol–water partition coefficient (Wildman–Crippen LogP) is 2.02. The fourth-order valence-corrected chi connectivity index (χ4v) is 8.54. The summed E-state index contributed by atoms with van der Waals surface area (Å²) >= 11 is 0. The molecule has 0 aromatic heterocycles. The molecule has 3 saturated heterocycles. The molecule has 0 radical (unpaired) electrons. The van der Waals surface area contributed by atoms with Crippen molar-refractivity contribution in [2.45, 2.75) is 141 Å². The third kappa shape index (κ3) is 16.8. The number of carbonyl (C=O) groups excluding carboxylic acids is 10. The highest BCUT2D eigenvalue weighted by Gasteiger charge is 2.60. The summed E-state index contributed by atoms with van der Waals surface area (Å²) in [6.45, 7) is 4.55. The Kier molecular flexibility index (Phi) is 21.5. The van der Waals surface area contributed by atoms with Crippen molar-refractivity contribution in [2.75, 3.05) is 19.8 Å². The molecule has 3 fully saturated rings. The first-order chi connectivity index (χ1) is 37.6. The van der Waals surface area contributed by atoms with Crippen molar-refractivity contribution in [1.82, 2.24) is 0 Å². The van der Waals surface area contributed by atoms with Gasteiger partial charge < -0.3 is 76.2 Å². The van der Waals surface area contributed by atoms with Gasteiger partial charge in [0.25, 0.3) is 0 Å². The van der Waals surface area contributed by atoms with E-state index in [-0.39, 0.29) is 16.7 Å². The zero-order valence-corrected chi connectivity index (χ0v) is 43.6. The molecule has 0 bridgehead atoms. The fraction of sp³-hybridized carbons (Fsp3) is 0.472. The SMILES string of the molecule is CC(=O)OC[C@H]1O[C@@H](O[C@H]2[C@H](OC(C)=O)[C@@H](OC(C)=O)[C@H](O[C@H]3[C@H](OC(=O)c4ccccc4)[C@@H](OC(=O)c4ccccc4)[C@@H](O)O[C@@H]3COC(=O)c3ccccc3)O[C@@H]2COC(C)=O)[C@H](OC(C)=O)[C@@H](OC(C)=O)[C@H]1OC(C)=O. The Hall–Kier alpha value is -7.88. The van der Waals surface area contributed by atoms with Crippen molar-refractivity contribution in [1.29, 1.82) is 0 Å². The van der Waals surface area contributed by atoms with Crippen molar-refractivity contribution < 1.29 is 124 Å². The van der Waals surface area contributed by atoms with Crippen LogP contribution in [0.2, 0.25) is 0 Å². The Morgan fingerprint density at radius 3 is 1.04 bits per heavy atom. The molecule has 3 aliphatic rings. The van der Waals surface area contributed by atoms with E-state index < -0.39 is 172 Å². The first kappa shape index (κ1) is 60.4. The maximum absolute atomic E-state index is 14.1. The topological polar surface area (TPSA) is 329 Å². The number of carbonyl (C=O) groups is 10. The van der Waals surface area contributed by atoms with Gasteiger partial charge in [-0.1, -0.05) is 54.6 Å². The van der Waals surface area contributed by atoms with Crippen LogP contribution >= 0.6 is 0 Å². The van der Waals surface area contributed by atoms with Crippen LogP contribution in [0, 0.1) is 0 Å². The summed E-state index contributed by atoms with van der Waals surface area (Å²) in [5.41, 5.74) is 0.00140. The van der Waals surface area contributed by atoms with E-state index in [1.54, 1.807) is 30.3 Å². The van der Waals surface area contributed by atoms with Crippen molar-refractivity contribution in [3.8, 4) is 0 Å². The summed E-state index contributed by atoms with van der Waals surface area (Å²) in [6.07, 6.45) is -28.6. The van der Waals surface area contributed by atoms with E-state index in [0.29, 0.717) is 0 Å². The van der Waals surface area contributed by atoms with Crippen molar-refractivity contribution in [3.05, 3.63) is 108 Å². The van der Waals surface area contributed by atoms with E-state index >= 15 is 0 Å². The van der Waals surface area contributed by atoms with Gasteiger partial charge >= 0.3 is 59.7 Å². The van der Waals surface area contributed by atoms with Crippen molar-refractivity contribution in [2.24, 2.45) is 0 Å². The minimum Gasteiger partial charge on any atom is -0.463 e. The van der Waals surface area contributed by atoms with E-state index in [4.69, 9.17) is 71.1 Å². The maximum atomic E-state index is 14.1. The third-order valence-corrected chi connectivity index (χ3v) is 11.7. The molecule has 3 aromatic carbocycles. The van der Waals surface area contributed by atoms with Gasteiger partial charge in [0, 0.05) is 48.5 Å². The molecule has 3 aliphatic heterocycles. The number of esters is 10. The Morgan fingerprint density at radius 2 is 0.646 bits per heavy atom. The quantitative estimate of drug-likeness (QED) is 0.125. The first-order valence-corrected chi connectivity index (χ1v) is 24.4. The van der Waals surface area contributed by atoms with Crippen LogP contribution in [-0.2, 0) is 105 Å². The Labute approximate surface area is 450 Å². The molecule has 426 valence electrons. The second kappa shape index (κ2) is 28.1. The number of hydrogen-bond acceptors (Lipinski definition) is 26. The maximum Gasteiger partial charge on any atom is 0.338 e. The third-order valence-electron chi connectivity index (χ3n) is 11.7. The van der Waals surface area contributed by atoms with Crippen molar-refractivity contribution >= 4 is 59.7 Å². The minimum atomic E-state index is -2.16. The molecule has 0 aliphatic carbocycles. The van der Waals surface area contributed by atoms with Crippen LogP contribution in [0.25, 0.3) is 0 Å². The molecule has 0 spiro atoms. The average molecular weight is 1110 g/mol. The Morgan fingerprint density at radius 1 is 0.342 bits per heavy atom. The Balaban J connectivity index is 1.49. The number of aliphatic hydroxyl groups is 1. The van der Waals surface area contributed by atoms with Crippen LogP contribution in [0.3, 0.4) is 0 Å². The van der Waals surface area contributed by atoms with Crippen LogP contribution < -0.4 is 0 Å². The molecule has 79 heavy (non-hydrogen) atoms. The lowest BCUT2D eigenvalue weighted by Gasteiger charge is -2.50. The highest BCUT2D eigenvalue weighted by Crippen LogP contribution is 2.38. The summed E-state index contributed by atoms with van der Waals surface area (Å²) in [7, 11) is 0. The van der Waals surface area contributed by atoms with Gasteiger partial charge in [0.1, 0.15) is 50.3 Å². The Bertz CT molecular complexity index is 2630. The van der Waals surface area contributed by atoms with Gasteiger partial charge in [-0.05, 0) is 36.4 Å². The molecule has 6 rings (SSSR count). The number of aliphatic hydroxyl groups excluding tert-OH is 1. The van der Waals surface area contributed by atoms with Crippen LogP contribution in [0.1, 0.15) is 79.5 Å². The lowest BCUT2D eigenvalue weighted by Crippen LogP contribution is -2.68. The van der Waals surface area contributed by atoms with Gasteiger partial charge in [0.2, 0.25) is 0 Å². The van der Waals surface area contributed by atoms with Crippen molar-refractivity contribution in [3.63, 3.8) is 0 Å². The normalized spacial score (nSPS) is 28.2. The molecule has 0 amide bonds. The molecular weight excluding hydrogens is 1050 g/mol. The molecule has 26 nitrogen and oxygen atoms in total. The van der Waals surface area contributed by atoms with Gasteiger partial charge in [0.15, 0.2) is 61.6 Å². The zero-order valence-electron chi connectivity index (χ0n) is 43.6. The summed E-state index contributed by atoms with van der Waals surface area (Å²) in [5.74, 6) is -9.92. The van der Waals surface area contributed by atoms with E-state index in [1.165, 1.54) is 60.7 Å². The largest absolute Gasteiger partial charge is 0.463 e. The monoisotopic (exact) mass is 1110 g/mol. The standard InChI is InChI=1S/C53H58O26/c1-26(54)65-23-37-39(68-28(3)56)43(69-29(4)57)46(71-31(6)59)52(74-37)79-41-38(24-66-27(2)55)75-53(47(72-32(7)60)44(41)70-30(5)58)78-40-36(25-67-48(61)33-17-11-8-12-18-33)73-51(64)45(77-50(63)35-21-15-10-16-22-35)42(40)76-49(62)34-19-13-9-14-20-34/h8-22,36-47,51-53,64H,23-25H2,1-7H3/t36-,37-,38-,39+,40-,41-,42+,43+,44+,45-,46-,47-,51+,52+,53+/m1/s1. The molecular formula is C53H58O26. The summed E-state index contributed by atoms with van der Waals surface area (Å²) in [4.78, 5) is 130. The first-order valence-electron chi connectivity index (χ1n) is 24.4. The van der Waals surface area contributed by atoms with E-state index in [9.17, 15) is 53.1 Å². The molecule has 3 aromatic rings. The number of benzene rings is 3. The van der Waals surface area contributed by atoms with Gasteiger partial charge in [-0.25, -0.2) is 14.4 Å². The average Bonchev–Trinajstić information content (AvgIpc) is 3.42. The van der Waals surface area contributed by atoms with Gasteiger partial charge in [0.05, 0.1) is 16.7 Å². The lowest BCUT2D eigenvalue weighted by atomic mass is 9.95. The number of hydrogen-bond donors (Lipinski definition) is 1. The van der Waals surface area contributed by atoms with E-state index in [1.807, 2.05) is 0 Å². The molecule has 15 atom stereocenters. The summed E-state index contributed by atoms with van der Waals surface area (Å²) in [5, 5.41) is 11.7. The second-order valence-electron chi connectivity index (χ2n) is 17.8. The van der Waals surface area contributed by atoms with E-state index in [2.05, 4.69) is 0 Å². The van der Waals surface area contributed by atoms with Gasteiger partial charge in [-0.2, -0.15) is 0 Å². The predicted molar refractivity (Wildman–Crippen MR) is 257 cm³/mol. The molecule has 0 saturated carbocycles. The molecule has 1 N–H and O–H groups in total. The van der Waals surface area contributed by atoms with Crippen LogP contribution in [0.4, 0.5) is 0 Å². The molecule has 0 unspecified atom stereocenters. The van der Waals surface area contributed by atoms with Crippen LogP contribution in [0.15, 0.2) is 91.0 Å². The highest BCUT2D eigenvalue weighted by molar-refractivity contribution is 5.91. The van der Waals surface area contributed by atoms with Crippen LogP contribution in [-0.4, -0.2) is 177 Å². The van der Waals surface area contributed by atoms with Gasteiger partial charge in [-0.3, -0.25) is 33.6 Å². The zero-order chi connectivity index (χ0) is 57.5. The van der Waals surface area contributed by atoms with E-state index in [0.717, 1.165) is 48.5 Å². The summed E-state index contributed by atoms with van der Waals surface area (Å²) < 4.78 is 87.9. The molecule has 3 heterocycles. The summed E-state index contributed by atoms with van der Waals surface area (Å²) in [6, 6.07) is 22.5. The second-order valence-corrected chi connectivity index (χ2v) is 17.8. The number of ether oxygens (including phenoxy) is 15. The van der Waals surface area contributed by atoms with Crippen LogP contribution in [0.5, 0.6) is 0 Å². The highest BCUT2D eigenvalue weighted by atomic mass is 16.8. The minimum absolute atomic E-state index is 0.0232. The lowest BCUT2D eigenvalue weighted by molar-refractivity contribution is -0.377.